The van der Waals surface area contributed by atoms with E-state index in [0.717, 1.165) is 29.1 Å². The van der Waals surface area contributed by atoms with Gasteiger partial charge in [0.15, 0.2) is 5.75 Å². The SMILES string of the molecule is O=[N+]([O-])c1cc(I)ccc1F.O=[N+]([O-])c1cc(I)ccc1OC1CCOC1.O[C@@H]1CCOC1. The molecule has 0 saturated carbocycles. The lowest BCUT2D eigenvalue weighted by molar-refractivity contribution is -0.387. The number of ether oxygens (including phenoxy) is 3. The van der Waals surface area contributed by atoms with Crippen LogP contribution in [0.4, 0.5) is 15.8 Å². The van der Waals surface area contributed by atoms with Gasteiger partial charge in [0.1, 0.15) is 6.10 Å². The van der Waals surface area contributed by atoms with Gasteiger partial charge in [-0.3, -0.25) is 20.2 Å². The number of nitro benzene ring substituents is 2. The minimum Gasteiger partial charge on any atom is -0.481 e. The first-order valence-corrected chi connectivity index (χ1v) is 11.9. The molecule has 180 valence electrons. The largest absolute Gasteiger partial charge is 0.481 e. The van der Waals surface area contributed by atoms with Crippen LogP contribution in [0.25, 0.3) is 0 Å². The summed E-state index contributed by atoms with van der Waals surface area (Å²) in [5.74, 6) is -0.476. The van der Waals surface area contributed by atoms with Crippen LogP contribution in [0.15, 0.2) is 36.4 Å². The van der Waals surface area contributed by atoms with E-state index in [-0.39, 0.29) is 17.9 Å². The molecule has 0 bridgehead atoms. The highest BCUT2D eigenvalue weighted by atomic mass is 127. The molecule has 2 heterocycles. The summed E-state index contributed by atoms with van der Waals surface area (Å²) in [5, 5.41) is 29.6. The van der Waals surface area contributed by atoms with E-state index < -0.39 is 21.4 Å². The number of hydrogen-bond acceptors (Lipinski definition) is 8. The third-order valence-electron chi connectivity index (χ3n) is 4.31. The number of nitro groups is 2. The van der Waals surface area contributed by atoms with E-state index >= 15 is 0 Å². The predicted molar refractivity (Wildman–Crippen MR) is 133 cm³/mol. The second-order valence-corrected chi connectivity index (χ2v) is 9.33. The van der Waals surface area contributed by atoms with Crippen LogP contribution in [0.3, 0.4) is 0 Å². The molecule has 0 aliphatic carbocycles. The summed E-state index contributed by atoms with van der Waals surface area (Å²) < 4.78 is 29.6. The topological polar surface area (TPSA) is 134 Å². The number of benzene rings is 2. The molecule has 2 saturated heterocycles. The van der Waals surface area contributed by atoms with Gasteiger partial charge in [-0.05, 0) is 75.9 Å². The zero-order chi connectivity index (χ0) is 24.4. The van der Waals surface area contributed by atoms with Crippen molar-refractivity contribution in [3.8, 4) is 5.75 Å². The molecule has 2 aromatic rings. The van der Waals surface area contributed by atoms with Crippen LogP contribution in [-0.4, -0.2) is 53.6 Å². The molecule has 2 aliphatic heterocycles. The highest BCUT2D eigenvalue weighted by Gasteiger charge is 2.22. The second-order valence-electron chi connectivity index (χ2n) is 6.84. The zero-order valence-electron chi connectivity index (χ0n) is 17.2. The van der Waals surface area contributed by atoms with Gasteiger partial charge in [0.25, 0.3) is 0 Å². The number of rotatable bonds is 4. The van der Waals surface area contributed by atoms with Crippen molar-refractivity contribution in [1.29, 1.82) is 0 Å². The maximum atomic E-state index is 12.6. The van der Waals surface area contributed by atoms with Gasteiger partial charge in [-0.2, -0.15) is 4.39 Å². The lowest BCUT2D eigenvalue weighted by atomic mass is 10.2. The molecular formula is C20H21FI2N2O8. The van der Waals surface area contributed by atoms with Crippen LogP contribution in [0, 0.1) is 33.2 Å². The summed E-state index contributed by atoms with van der Waals surface area (Å²) in [5.41, 5.74) is -0.462. The smallest absolute Gasteiger partial charge is 0.311 e. The van der Waals surface area contributed by atoms with Crippen LogP contribution in [-0.2, 0) is 9.47 Å². The molecular weight excluding hydrogens is 669 g/mol. The fourth-order valence-corrected chi connectivity index (χ4v) is 3.62. The first kappa shape index (κ1) is 27.6. The Bertz CT molecular complexity index is 954. The van der Waals surface area contributed by atoms with Gasteiger partial charge in [-0.1, -0.05) is 0 Å². The lowest BCUT2D eigenvalue weighted by Crippen LogP contribution is -2.16. The Labute approximate surface area is 216 Å². The van der Waals surface area contributed by atoms with Crippen LogP contribution in [0.2, 0.25) is 0 Å². The van der Waals surface area contributed by atoms with Crippen molar-refractivity contribution in [3.05, 3.63) is 69.6 Å². The molecule has 0 spiro atoms. The van der Waals surface area contributed by atoms with Crippen molar-refractivity contribution < 1.29 is 33.6 Å². The van der Waals surface area contributed by atoms with Crippen LogP contribution in [0.5, 0.6) is 5.75 Å². The number of nitrogens with zero attached hydrogens (tertiary/aromatic N) is 2. The summed E-state index contributed by atoms with van der Waals surface area (Å²) in [4.78, 5) is 19.8. The summed E-state index contributed by atoms with van der Waals surface area (Å²) in [6.45, 7) is 2.44. The van der Waals surface area contributed by atoms with Crippen molar-refractivity contribution in [3.63, 3.8) is 0 Å². The molecule has 2 aliphatic rings. The minimum absolute atomic E-state index is 0.0128. The molecule has 1 N–H and O–H groups in total. The van der Waals surface area contributed by atoms with Gasteiger partial charge in [-0.25, -0.2) is 0 Å². The van der Waals surface area contributed by atoms with E-state index in [1.54, 1.807) is 12.1 Å². The Kier molecular flexibility index (Phi) is 11.6. The quantitative estimate of drug-likeness (QED) is 0.282. The van der Waals surface area contributed by atoms with Gasteiger partial charge in [0, 0.05) is 32.3 Å². The highest BCUT2D eigenvalue weighted by Crippen LogP contribution is 2.30. The molecule has 0 amide bonds. The van der Waals surface area contributed by atoms with E-state index in [1.165, 1.54) is 18.2 Å². The van der Waals surface area contributed by atoms with E-state index in [2.05, 4.69) is 0 Å². The Morgan fingerprint density at radius 3 is 1.97 bits per heavy atom. The van der Waals surface area contributed by atoms with E-state index in [0.29, 0.717) is 29.1 Å². The summed E-state index contributed by atoms with van der Waals surface area (Å²) in [7, 11) is 0. The summed E-state index contributed by atoms with van der Waals surface area (Å²) in [6, 6.07) is 8.68. The maximum absolute atomic E-state index is 12.6. The Balaban J connectivity index is 0.000000195. The van der Waals surface area contributed by atoms with Crippen LogP contribution in [0.1, 0.15) is 12.8 Å². The fourth-order valence-electron chi connectivity index (χ4n) is 2.67. The first-order chi connectivity index (χ1) is 15.7. The number of aliphatic hydroxyl groups excluding tert-OH is 1. The van der Waals surface area contributed by atoms with Gasteiger partial charge in [0.2, 0.25) is 5.82 Å². The molecule has 0 radical (unpaired) electrons. The van der Waals surface area contributed by atoms with E-state index in [1.807, 2.05) is 45.2 Å². The molecule has 10 nitrogen and oxygen atoms in total. The van der Waals surface area contributed by atoms with Crippen LogP contribution >= 0.6 is 45.2 Å². The Hall–Kier alpha value is -1.69. The maximum Gasteiger partial charge on any atom is 0.311 e. The average molecular weight is 690 g/mol. The van der Waals surface area contributed by atoms with Gasteiger partial charge < -0.3 is 19.3 Å². The Morgan fingerprint density at radius 1 is 0.939 bits per heavy atom. The molecule has 13 heteroatoms. The molecule has 2 fully saturated rings. The van der Waals surface area contributed by atoms with Gasteiger partial charge in [0.05, 0.1) is 35.8 Å². The average Bonchev–Trinajstić information content (AvgIpc) is 3.46. The van der Waals surface area contributed by atoms with Crippen LogP contribution < -0.4 is 4.74 Å². The van der Waals surface area contributed by atoms with Crippen molar-refractivity contribution in [1.82, 2.24) is 0 Å². The van der Waals surface area contributed by atoms with Gasteiger partial charge in [-0.15, -0.1) is 0 Å². The molecule has 4 rings (SSSR count). The third kappa shape index (κ3) is 9.60. The van der Waals surface area contributed by atoms with Gasteiger partial charge >= 0.3 is 11.4 Å². The van der Waals surface area contributed by atoms with Crippen molar-refractivity contribution in [2.75, 3.05) is 26.4 Å². The number of halogens is 3. The molecule has 0 aromatic heterocycles. The Morgan fingerprint density at radius 2 is 1.52 bits per heavy atom. The fraction of sp³-hybridized carbons (Fsp3) is 0.400. The van der Waals surface area contributed by atoms with Crippen molar-refractivity contribution in [2.24, 2.45) is 0 Å². The lowest BCUT2D eigenvalue weighted by Gasteiger charge is -2.11. The second kappa shape index (κ2) is 13.9. The molecule has 33 heavy (non-hydrogen) atoms. The third-order valence-corrected chi connectivity index (χ3v) is 5.65. The van der Waals surface area contributed by atoms with E-state index in [9.17, 15) is 24.6 Å². The molecule has 2 atom stereocenters. The molecule has 2 aromatic carbocycles. The predicted octanol–water partition coefficient (Wildman–Crippen LogP) is 4.47. The summed E-state index contributed by atoms with van der Waals surface area (Å²) >= 11 is 3.92. The monoisotopic (exact) mass is 690 g/mol. The zero-order valence-corrected chi connectivity index (χ0v) is 21.5. The summed E-state index contributed by atoms with van der Waals surface area (Å²) in [6.07, 6.45) is 1.35. The normalized spacial score (nSPS) is 19.0. The molecule has 1 unspecified atom stereocenters. The van der Waals surface area contributed by atoms with Crippen molar-refractivity contribution in [2.45, 2.75) is 25.0 Å². The van der Waals surface area contributed by atoms with Crippen molar-refractivity contribution >= 4 is 56.6 Å². The highest BCUT2D eigenvalue weighted by molar-refractivity contribution is 14.1. The first-order valence-electron chi connectivity index (χ1n) is 9.71. The van der Waals surface area contributed by atoms with E-state index in [4.69, 9.17) is 19.3 Å². The number of hydrogen-bond donors (Lipinski definition) is 1. The number of aliphatic hydroxyl groups is 1. The standard InChI is InChI=1S/C10H10INO4.C6H3FINO2.C4H8O2/c11-7-1-2-10(9(5-7)12(13)14)16-8-3-4-15-6-8;7-5-2-1-4(8)3-6(5)9(10)11;5-4-1-2-6-3-4/h1-2,5,8H,3-4,6H2;1-3H;4-5H,1-3H2/t;;4-/m..1/s1. The minimum atomic E-state index is -0.796.